The Morgan fingerprint density at radius 2 is 1.76 bits per heavy atom. The summed E-state index contributed by atoms with van der Waals surface area (Å²) in [5.41, 5.74) is 0. The zero-order chi connectivity index (χ0) is 11.5. The molecule has 3 fully saturated rings. The first-order valence-corrected chi connectivity index (χ1v) is 7.87. The fourth-order valence-corrected chi connectivity index (χ4v) is 3.78. The van der Waals surface area contributed by atoms with Gasteiger partial charge in [0.2, 0.25) is 0 Å². The third-order valence-electron chi connectivity index (χ3n) is 5.04. The summed E-state index contributed by atoms with van der Waals surface area (Å²) < 4.78 is 0. The number of piperidine rings is 1. The lowest BCUT2D eigenvalue weighted by molar-refractivity contribution is 0.0861. The summed E-state index contributed by atoms with van der Waals surface area (Å²) in [5, 5.41) is 3.63. The van der Waals surface area contributed by atoms with Gasteiger partial charge in [-0.25, -0.2) is 0 Å². The van der Waals surface area contributed by atoms with Crippen LogP contribution in [0.1, 0.15) is 51.4 Å². The summed E-state index contributed by atoms with van der Waals surface area (Å²) in [7, 11) is 0. The Morgan fingerprint density at radius 3 is 2.59 bits per heavy atom. The average molecular weight is 236 g/mol. The van der Waals surface area contributed by atoms with Crippen molar-refractivity contribution in [2.24, 2.45) is 11.8 Å². The van der Waals surface area contributed by atoms with Gasteiger partial charge < -0.3 is 10.2 Å². The van der Waals surface area contributed by atoms with Gasteiger partial charge in [0.15, 0.2) is 0 Å². The molecule has 0 radical (unpaired) electrons. The minimum absolute atomic E-state index is 0.888. The topological polar surface area (TPSA) is 15.3 Å². The lowest BCUT2D eigenvalue weighted by atomic mass is 9.75. The first kappa shape index (κ1) is 12.0. The van der Waals surface area contributed by atoms with Crippen LogP contribution in [0.15, 0.2) is 0 Å². The van der Waals surface area contributed by atoms with Crippen molar-refractivity contribution in [3.8, 4) is 0 Å². The second kappa shape index (κ2) is 5.71. The Kier molecular flexibility index (Phi) is 4.02. The van der Waals surface area contributed by atoms with Gasteiger partial charge in [0.25, 0.3) is 0 Å². The van der Waals surface area contributed by atoms with Crippen molar-refractivity contribution in [2.45, 2.75) is 57.4 Å². The van der Waals surface area contributed by atoms with Crippen LogP contribution in [0.25, 0.3) is 0 Å². The summed E-state index contributed by atoms with van der Waals surface area (Å²) in [6, 6.07) is 0.888. The first-order valence-electron chi connectivity index (χ1n) is 7.87. The van der Waals surface area contributed by atoms with Crippen LogP contribution in [-0.4, -0.2) is 37.1 Å². The smallest absolute Gasteiger partial charge is 0.00682 e. The maximum atomic E-state index is 3.63. The van der Waals surface area contributed by atoms with Crippen LogP contribution in [0, 0.1) is 11.8 Å². The Balaban J connectivity index is 1.33. The van der Waals surface area contributed by atoms with Crippen LogP contribution in [0.5, 0.6) is 0 Å². The van der Waals surface area contributed by atoms with Gasteiger partial charge in [0.05, 0.1) is 0 Å². The van der Waals surface area contributed by atoms with Crippen LogP contribution in [0.3, 0.4) is 0 Å². The van der Waals surface area contributed by atoms with Crippen molar-refractivity contribution >= 4 is 0 Å². The number of likely N-dealkylation sites (tertiary alicyclic amines) is 1. The van der Waals surface area contributed by atoms with E-state index in [9.17, 15) is 0 Å². The molecule has 1 aliphatic heterocycles. The van der Waals surface area contributed by atoms with Crippen LogP contribution < -0.4 is 5.32 Å². The second-order valence-corrected chi connectivity index (χ2v) is 6.48. The zero-order valence-corrected chi connectivity index (χ0v) is 11.2. The molecule has 0 aromatic rings. The molecule has 0 spiro atoms. The van der Waals surface area contributed by atoms with Gasteiger partial charge in [-0.1, -0.05) is 19.3 Å². The van der Waals surface area contributed by atoms with Crippen molar-refractivity contribution in [3.63, 3.8) is 0 Å². The number of fused-ring (bicyclic) bond motifs is 1. The van der Waals surface area contributed by atoms with Crippen molar-refractivity contribution in [1.82, 2.24) is 10.2 Å². The van der Waals surface area contributed by atoms with Crippen LogP contribution in [-0.2, 0) is 0 Å². The number of rotatable bonds is 5. The summed E-state index contributed by atoms with van der Waals surface area (Å²) in [6.07, 6.45) is 11.7. The quantitative estimate of drug-likeness (QED) is 0.738. The maximum absolute atomic E-state index is 3.63. The number of nitrogens with zero attached hydrogens (tertiary/aromatic N) is 1. The Bertz CT molecular complexity index is 237. The van der Waals surface area contributed by atoms with Gasteiger partial charge in [-0.15, -0.1) is 0 Å². The van der Waals surface area contributed by atoms with Crippen molar-refractivity contribution < 1.29 is 0 Å². The minimum atomic E-state index is 0.888. The van der Waals surface area contributed by atoms with Crippen molar-refractivity contribution in [3.05, 3.63) is 0 Å². The monoisotopic (exact) mass is 236 g/mol. The maximum Gasteiger partial charge on any atom is 0.00682 e. The highest BCUT2D eigenvalue weighted by Crippen LogP contribution is 2.35. The van der Waals surface area contributed by atoms with E-state index in [0.717, 1.165) is 17.9 Å². The third-order valence-corrected chi connectivity index (χ3v) is 5.04. The van der Waals surface area contributed by atoms with Gasteiger partial charge >= 0.3 is 0 Å². The molecular formula is C15H28N2. The Labute approximate surface area is 106 Å². The fraction of sp³-hybridized carbons (Fsp3) is 1.00. The van der Waals surface area contributed by atoms with Gasteiger partial charge in [-0.3, -0.25) is 0 Å². The van der Waals surface area contributed by atoms with E-state index in [4.69, 9.17) is 0 Å². The molecule has 0 aromatic carbocycles. The van der Waals surface area contributed by atoms with E-state index in [1.165, 1.54) is 77.5 Å². The number of hydrogen-bond acceptors (Lipinski definition) is 2. The summed E-state index contributed by atoms with van der Waals surface area (Å²) in [5.74, 6) is 2.14. The van der Waals surface area contributed by atoms with Gasteiger partial charge in [-0.2, -0.15) is 0 Å². The SMILES string of the molecule is C1CCC2CN(CCCNC3CC3)CCC2C1. The van der Waals surface area contributed by atoms with Crippen molar-refractivity contribution in [2.75, 3.05) is 26.2 Å². The molecular weight excluding hydrogens is 208 g/mol. The van der Waals surface area contributed by atoms with E-state index >= 15 is 0 Å². The molecule has 2 heteroatoms. The molecule has 3 aliphatic rings. The normalized spacial score (nSPS) is 34.6. The van der Waals surface area contributed by atoms with Gasteiger partial charge in [0, 0.05) is 12.6 Å². The molecule has 0 aromatic heterocycles. The van der Waals surface area contributed by atoms with E-state index in [0.29, 0.717) is 0 Å². The number of nitrogens with one attached hydrogen (secondary N) is 1. The Morgan fingerprint density at radius 1 is 0.941 bits per heavy atom. The molecule has 2 aliphatic carbocycles. The Hall–Kier alpha value is -0.0800. The molecule has 1 heterocycles. The highest BCUT2D eigenvalue weighted by molar-refractivity contribution is 4.84. The molecule has 1 saturated heterocycles. The lowest BCUT2D eigenvalue weighted by Gasteiger charge is -2.41. The molecule has 0 amide bonds. The summed E-state index contributed by atoms with van der Waals surface area (Å²) in [6.45, 7) is 5.37. The molecule has 2 unspecified atom stereocenters. The average Bonchev–Trinajstić information content (AvgIpc) is 3.18. The minimum Gasteiger partial charge on any atom is -0.314 e. The van der Waals surface area contributed by atoms with E-state index in [1.54, 1.807) is 0 Å². The fourth-order valence-electron chi connectivity index (χ4n) is 3.78. The molecule has 17 heavy (non-hydrogen) atoms. The van der Waals surface area contributed by atoms with Crippen LogP contribution in [0.2, 0.25) is 0 Å². The molecule has 0 bridgehead atoms. The predicted octanol–water partition coefficient (Wildman–Crippen LogP) is 2.64. The van der Waals surface area contributed by atoms with E-state index < -0.39 is 0 Å². The first-order chi connectivity index (χ1) is 8.42. The number of hydrogen-bond donors (Lipinski definition) is 1. The summed E-state index contributed by atoms with van der Waals surface area (Å²) >= 11 is 0. The van der Waals surface area contributed by atoms with Crippen LogP contribution >= 0.6 is 0 Å². The van der Waals surface area contributed by atoms with E-state index in [-0.39, 0.29) is 0 Å². The van der Waals surface area contributed by atoms with Gasteiger partial charge in [0.1, 0.15) is 0 Å². The zero-order valence-electron chi connectivity index (χ0n) is 11.2. The lowest BCUT2D eigenvalue weighted by Crippen LogP contribution is -2.42. The van der Waals surface area contributed by atoms with E-state index in [2.05, 4.69) is 10.2 Å². The largest absolute Gasteiger partial charge is 0.314 e. The second-order valence-electron chi connectivity index (χ2n) is 6.48. The highest BCUT2D eigenvalue weighted by atomic mass is 15.1. The highest BCUT2D eigenvalue weighted by Gasteiger charge is 2.30. The standard InChI is InChI=1S/C15H28N2/c1-2-5-14-12-17(11-8-13(14)4-1)10-3-9-16-15-6-7-15/h13-16H,1-12H2. The molecule has 3 rings (SSSR count). The molecule has 2 atom stereocenters. The van der Waals surface area contributed by atoms with Crippen LogP contribution in [0.4, 0.5) is 0 Å². The molecule has 2 nitrogen and oxygen atoms in total. The van der Waals surface area contributed by atoms with E-state index in [1.807, 2.05) is 0 Å². The molecule has 1 N–H and O–H groups in total. The molecule has 2 saturated carbocycles. The predicted molar refractivity (Wildman–Crippen MR) is 72.1 cm³/mol. The molecule has 98 valence electrons. The summed E-state index contributed by atoms with van der Waals surface area (Å²) in [4.78, 5) is 2.74. The van der Waals surface area contributed by atoms with Gasteiger partial charge in [-0.05, 0) is 63.6 Å². The third kappa shape index (κ3) is 3.45. The van der Waals surface area contributed by atoms with Crippen molar-refractivity contribution in [1.29, 1.82) is 0 Å².